The molecule has 2 unspecified atom stereocenters. The number of carbonyl (C=O) groups excluding carboxylic acids is 1. The summed E-state index contributed by atoms with van der Waals surface area (Å²) in [5.41, 5.74) is -0.623. The van der Waals surface area contributed by atoms with E-state index in [1.165, 1.54) is 7.11 Å². The topological polar surface area (TPSA) is 47.6 Å². The molecule has 0 aliphatic rings. The number of methoxy groups -OCH3 is 1. The molecule has 108 valence electrons. The first-order valence-electron chi connectivity index (χ1n) is 6.83. The van der Waals surface area contributed by atoms with Crippen molar-refractivity contribution in [3.63, 3.8) is 0 Å². The summed E-state index contributed by atoms with van der Waals surface area (Å²) < 4.78 is 10.5. The van der Waals surface area contributed by atoms with Crippen LogP contribution in [-0.2, 0) is 14.3 Å². The van der Waals surface area contributed by atoms with Crippen LogP contribution in [0.2, 0.25) is 0 Å². The molecule has 4 nitrogen and oxygen atoms in total. The highest BCUT2D eigenvalue weighted by atomic mass is 16.5. The van der Waals surface area contributed by atoms with Gasteiger partial charge in [0.15, 0.2) is 0 Å². The molecule has 0 heterocycles. The molecular weight excluding hydrogens is 230 g/mol. The van der Waals surface area contributed by atoms with E-state index >= 15 is 0 Å². The largest absolute Gasteiger partial charge is 0.468 e. The van der Waals surface area contributed by atoms with Crippen LogP contribution in [0.3, 0.4) is 0 Å². The molecule has 0 rings (SSSR count). The van der Waals surface area contributed by atoms with Crippen LogP contribution in [0, 0.1) is 0 Å². The van der Waals surface area contributed by atoms with Crippen molar-refractivity contribution in [2.45, 2.75) is 71.6 Å². The lowest BCUT2D eigenvalue weighted by molar-refractivity contribution is -0.148. The Morgan fingerprint density at radius 2 is 1.94 bits per heavy atom. The fourth-order valence-corrected chi connectivity index (χ4v) is 1.92. The average Bonchev–Trinajstić information content (AvgIpc) is 2.32. The minimum absolute atomic E-state index is 0.209. The number of nitrogens with one attached hydrogen (secondary N) is 1. The SMILES string of the molecule is CCC(C)OCCCC(C)(NC(C)C)C(=O)OC. The smallest absolute Gasteiger partial charge is 0.325 e. The van der Waals surface area contributed by atoms with Crippen LogP contribution in [0.15, 0.2) is 0 Å². The van der Waals surface area contributed by atoms with E-state index in [2.05, 4.69) is 19.2 Å². The summed E-state index contributed by atoms with van der Waals surface area (Å²) in [6, 6.07) is 0.240. The van der Waals surface area contributed by atoms with Gasteiger partial charge in [-0.25, -0.2) is 0 Å². The summed E-state index contributed by atoms with van der Waals surface area (Å²) in [4.78, 5) is 11.8. The lowest BCUT2D eigenvalue weighted by atomic mass is 9.95. The fourth-order valence-electron chi connectivity index (χ4n) is 1.92. The molecule has 0 amide bonds. The number of hydrogen-bond donors (Lipinski definition) is 1. The van der Waals surface area contributed by atoms with Gasteiger partial charge in [-0.1, -0.05) is 6.92 Å². The van der Waals surface area contributed by atoms with Crippen LogP contribution in [-0.4, -0.2) is 37.4 Å². The van der Waals surface area contributed by atoms with Gasteiger partial charge in [-0.2, -0.15) is 0 Å². The molecule has 2 atom stereocenters. The quantitative estimate of drug-likeness (QED) is 0.510. The van der Waals surface area contributed by atoms with E-state index in [0.29, 0.717) is 13.0 Å². The second-order valence-corrected chi connectivity index (χ2v) is 5.32. The van der Waals surface area contributed by atoms with E-state index < -0.39 is 5.54 Å². The molecule has 0 saturated heterocycles. The first-order chi connectivity index (χ1) is 8.35. The van der Waals surface area contributed by atoms with Crippen molar-refractivity contribution in [2.24, 2.45) is 0 Å². The van der Waals surface area contributed by atoms with Crippen molar-refractivity contribution >= 4 is 5.97 Å². The van der Waals surface area contributed by atoms with Crippen LogP contribution in [0.5, 0.6) is 0 Å². The third-order valence-corrected chi connectivity index (χ3v) is 3.04. The Kier molecular flexibility index (Phi) is 8.20. The van der Waals surface area contributed by atoms with Crippen LogP contribution < -0.4 is 5.32 Å². The Morgan fingerprint density at radius 1 is 1.33 bits per heavy atom. The van der Waals surface area contributed by atoms with E-state index in [4.69, 9.17) is 9.47 Å². The summed E-state index contributed by atoms with van der Waals surface area (Å²) >= 11 is 0. The lowest BCUT2D eigenvalue weighted by Gasteiger charge is -2.30. The summed E-state index contributed by atoms with van der Waals surface area (Å²) in [5.74, 6) is -0.209. The van der Waals surface area contributed by atoms with Crippen LogP contribution in [0.25, 0.3) is 0 Å². The van der Waals surface area contributed by atoms with E-state index in [1.807, 2.05) is 20.8 Å². The Morgan fingerprint density at radius 3 is 2.39 bits per heavy atom. The van der Waals surface area contributed by atoms with Gasteiger partial charge in [0.25, 0.3) is 0 Å². The summed E-state index contributed by atoms with van der Waals surface area (Å²) in [6.07, 6.45) is 2.86. The highest BCUT2D eigenvalue weighted by Gasteiger charge is 2.34. The Hall–Kier alpha value is -0.610. The first-order valence-corrected chi connectivity index (χ1v) is 6.83. The molecule has 0 saturated carbocycles. The van der Waals surface area contributed by atoms with Gasteiger partial charge in [0, 0.05) is 12.6 Å². The normalized spacial score (nSPS) is 16.4. The van der Waals surface area contributed by atoms with E-state index in [9.17, 15) is 4.79 Å². The molecule has 4 heteroatoms. The maximum Gasteiger partial charge on any atom is 0.325 e. The maximum atomic E-state index is 11.8. The van der Waals surface area contributed by atoms with Crippen molar-refractivity contribution in [2.75, 3.05) is 13.7 Å². The molecule has 0 aromatic rings. The summed E-state index contributed by atoms with van der Waals surface area (Å²) in [7, 11) is 1.43. The van der Waals surface area contributed by atoms with Crippen molar-refractivity contribution < 1.29 is 14.3 Å². The van der Waals surface area contributed by atoms with Gasteiger partial charge in [-0.05, 0) is 47.0 Å². The highest BCUT2D eigenvalue weighted by Crippen LogP contribution is 2.16. The van der Waals surface area contributed by atoms with E-state index in [1.54, 1.807) is 0 Å². The van der Waals surface area contributed by atoms with E-state index in [-0.39, 0.29) is 18.1 Å². The third-order valence-electron chi connectivity index (χ3n) is 3.04. The van der Waals surface area contributed by atoms with Gasteiger partial charge < -0.3 is 9.47 Å². The van der Waals surface area contributed by atoms with Gasteiger partial charge in [-0.3, -0.25) is 10.1 Å². The van der Waals surface area contributed by atoms with Gasteiger partial charge in [0.05, 0.1) is 13.2 Å². The lowest BCUT2D eigenvalue weighted by Crippen LogP contribution is -2.53. The number of ether oxygens (including phenoxy) is 2. The highest BCUT2D eigenvalue weighted by molar-refractivity contribution is 5.80. The van der Waals surface area contributed by atoms with Crippen molar-refractivity contribution in [1.29, 1.82) is 0 Å². The van der Waals surface area contributed by atoms with Gasteiger partial charge >= 0.3 is 5.97 Å². The molecule has 0 aromatic heterocycles. The molecule has 0 bridgehead atoms. The van der Waals surface area contributed by atoms with Crippen LogP contribution in [0.1, 0.15) is 53.9 Å². The number of hydrogen-bond acceptors (Lipinski definition) is 4. The third kappa shape index (κ3) is 6.36. The molecule has 0 fully saturated rings. The molecule has 0 aliphatic heterocycles. The first kappa shape index (κ1) is 17.4. The van der Waals surface area contributed by atoms with Gasteiger partial charge in [0.1, 0.15) is 5.54 Å². The molecule has 0 spiro atoms. The van der Waals surface area contributed by atoms with Gasteiger partial charge in [0.2, 0.25) is 0 Å². The minimum atomic E-state index is -0.623. The second-order valence-electron chi connectivity index (χ2n) is 5.32. The maximum absolute atomic E-state index is 11.8. The zero-order chi connectivity index (χ0) is 14.2. The molecule has 0 aromatic carbocycles. The predicted octanol–water partition coefficient (Wildman–Crippen LogP) is 2.51. The summed E-state index contributed by atoms with van der Waals surface area (Å²) in [5, 5.41) is 3.28. The molecule has 0 radical (unpaired) electrons. The number of esters is 1. The molecule has 18 heavy (non-hydrogen) atoms. The van der Waals surface area contributed by atoms with Crippen LogP contribution >= 0.6 is 0 Å². The Bertz CT molecular complexity index is 243. The Labute approximate surface area is 111 Å². The number of carbonyl (C=O) groups is 1. The molecular formula is C14H29NO3. The molecule has 0 aliphatic carbocycles. The van der Waals surface area contributed by atoms with Crippen molar-refractivity contribution in [3.05, 3.63) is 0 Å². The Balaban J connectivity index is 4.21. The monoisotopic (exact) mass is 259 g/mol. The fraction of sp³-hybridized carbons (Fsp3) is 0.929. The van der Waals surface area contributed by atoms with Gasteiger partial charge in [-0.15, -0.1) is 0 Å². The van der Waals surface area contributed by atoms with E-state index in [0.717, 1.165) is 12.8 Å². The summed E-state index contributed by atoms with van der Waals surface area (Å²) in [6.45, 7) is 10.8. The predicted molar refractivity (Wildman–Crippen MR) is 73.6 cm³/mol. The minimum Gasteiger partial charge on any atom is -0.468 e. The van der Waals surface area contributed by atoms with Crippen molar-refractivity contribution in [1.82, 2.24) is 5.32 Å². The van der Waals surface area contributed by atoms with Crippen LogP contribution in [0.4, 0.5) is 0 Å². The zero-order valence-corrected chi connectivity index (χ0v) is 12.7. The second kappa shape index (κ2) is 8.48. The number of rotatable bonds is 9. The standard InChI is InChI=1S/C14H29NO3/c1-7-12(4)18-10-8-9-14(5,13(16)17-6)15-11(2)3/h11-12,15H,7-10H2,1-6H3. The average molecular weight is 259 g/mol. The van der Waals surface area contributed by atoms with Crippen molar-refractivity contribution in [3.8, 4) is 0 Å². The molecule has 1 N–H and O–H groups in total. The zero-order valence-electron chi connectivity index (χ0n) is 12.7.